The largest absolute Gasteiger partial charge is 0.497 e. The van der Waals surface area contributed by atoms with Gasteiger partial charge in [0.05, 0.1) is 30.2 Å². The Kier molecular flexibility index (Phi) is 5.98. The van der Waals surface area contributed by atoms with Crippen LogP contribution in [0.15, 0.2) is 119 Å². The third kappa shape index (κ3) is 4.70. The predicted octanol–water partition coefficient (Wildman–Crippen LogP) is 6.80. The maximum atomic E-state index is 5.20. The third-order valence-electron chi connectivity index (χ3n) is 5.79. The van der Waals surface area contributed by atoms with Gasteiger partial charge >= 0.3 is 0 Å². The number of aliphatic imine (C=N–C) groups is 1. The van der Waals surface area contributed by atoms with Crippen LogP contribution in [0.1, 0.15) is 29.2 Å². The maximum absolute atomic E-state index is 5.20. The molecule has 0 spiro atoms. The lowest BCUT2D eigenvalue weighted by Crippen LogP contribution is -2.18. The Morgan fingerprint density at radius 1 is 0.818 bits per heavy atom. The summed E-state index contributed by atoms with van der Waals surface area (Å²) in [6, 6.07) is 37.3. The summed E-state index contributed by atoms with van der Waals surface area (Å²) >= 11 is 0. The van der Waals surface area contributed by atoms with E-state index in [0.29, 0.717) is 0 Å². The number of ether oxygens (including phenoxy) is 1. The van der Waals surface area contributed by atoms with Gasteiger partial charge < -0.3 is 4.74 Å². The number of hydrogen-bond donors (Lipinski definition) is 0. The van der Waals surface area contributed by atoms with E-state index in [1.165, 1.54) is 11.1 Å². The van der Waals surface area contributed by atoms with Crippen molar-refractivity contribution in [3.05, 3.63) is 126 Å². The molecule has 1 atom stereocenters. The van der Waals surface area contributed by atoms with Gasteiger partial charge in [0.15, 0.2) is 0 Å². The fourth-order valence-electron chi connectivity index (χ4n) is 4.02. The number of benzene rings is 4. The molecule has 0 aliphatic carbocycles. The van der Waals surface area contributed by atoms with Crippen molar-refractivity contribution in [1.29, 1.82) is 0 Å². The first-order valence-corrected chi connectivity index (χ1v) is 11.1. The second-order valence-electron chi connectivity index (χ2n) is 7.94. The van der Waals surface area contributed by atoms with Gasteiger partial charge in [-0.1, -0.05) is 72.8 Å². The zero-order chi connectivity index (χ0) is 22.5. The van der Waals surface area contributed by atoms with Crippen molar-refractivity contribution in [3.8, 4) is 5.75 Å². The van der Waals surface area contributed by atoms with Gasteiger partial charge in [-0.2, -0.15) is 5.10 Å². The fourth-order valence-corrected chi connectivity index (χ4v) is 4.02. The molecule has 4 aromatic rings. The van der Waals surface area contributed by atoms with Crippen LogP contribution in [-0.2, 0) is 0 Å². The molecule has 4 nitrogen and oxygen atoms in total. The summed E-state index contributed by atoms with van der Waals surface area (Å²) < 4.78 is 5.20. The van der Waals surface area contributed by atoms with E-state index in [9.17, 15) is 0 Å². The Labute approximate surface area is 194 Å². The molecular weight excluding hydrogens is 406 g/mol. The molecule has 0 aromatic heterocycles. The van der Waals surface area contributed by atoms with Crippen LogP contribution < -0.4 is 9.75 Å². The SMILES string of the molecule is COc1ccc(N=Cc2ccc(N3N=C(c4ccccc4)C[C@H]3c3ccccc3)cc2)cc1. The van der Waals surface area contributed by atoms with E-state index in [2.05, 4.69) is 88.9 Å². The molecule has 0 fully saturated rings. The van der Waals surface area contributed by atoms with Crippen LogP contribution in [0.2, 0.25) is 0 Å². The lowest BCUT2D eigenvalue weighted by molar-refractivity contribution is 0.415. The van der Waals surface area contributed by atoms with Crippen molar-refractivity contribution < 1.29 is 4.74 Å². The highest BCUT2D eigenvalue weighted by atomic mass is 16.5. The van der Waals surface area contributed by atoms with Crippen LogP contribution in [0.5, 0.6) is 5.75 Å². The summed E-state index contributed by atoms with van der Waals surface area (Å²) in [5.41, 5.74) is 6.53. The summed E-state index contributed by atoms with van der Waals surface area (Å²) in [5, 5.41) is 7.17. The van der Waals surface area contributed by atoms with Gasteiger partial charge in [-0.15, -0.1) is 0 Å². The van der Waals surface area contributed by atoms with Gasteiger partial charge in [-0.25, -0.2) is 0 Å². The summed E-state index contributed by atoms with van der Waals surface area (Å²) in [5.74, 6) is 0.826. The highest BCUT2D eigenvalue weighted by molar-refractivity contribution is 6.03. The van der Waals surface area contributed by atoms with Gasteiger partial charge in [0, 0.05) is 12.6 Å². The molecule has 0 saturated heterocycles. The van der Waals surface area contributed by atoms with Crippen molar-refractivity contribution in [3.63, 3.8) is 0 Å². The summed E-state index contributed by atoms with van der Waals surface area (Å²) in [6.07, 6.45) is 2.75. The quantitative estimate of drug-likeness (QED) is 0.315. The molecule has 5 rings (SSSR count). The third-order valence-corrected chi connectivity index (χ3v) is 5.79. The minimum Gasteiger partial charge on any atom is -0.497 e. The summed E-state index contributed by atoms with van der Waals surface area (Å²) in [4.78, 5) is 4.57. The first-order chi connectivity index (χ1) is 16.3. The molecule has 0 N–H and O–H groups in total. The normalized spacial score (nSPS) is 15.6. The highest BCUT2D eigenvalue weighted by Gasteiger charge is 2.29. The molecule has 0 bridgehead atoms. The molecule has 33 heavy (non-hydrogen) atoms. The van der Waals surface area contributed by atoms with Gasteiger partial charge in [0.2, 0.25) is 0 Å². The van der Waals surface area contributed by atoms with Gasteiger partial charge in [0.25, 0.3) is 0 Å². The second kappa shape index (κ2) is 9.53. The molecule has 4 heteroatoms. The molecule has 0 unspecified atom stereocenters. The van der Waals surface area contributed by atoms with Crippen molar-refractivity contribution >= 4 is 23.3 Å². The standard InChI is InChI=1S/C29H25N3O/c1-33-27-18-14-25(15-19-27)30-21-22-12-16-26(17-13-22)32-29(24-10-6-3-7-11-24)20-28(31-32)23-8-4-2-5-9-23/h2-19,21,29H,20H2,1H3/t29-/m0/s1. The number of nitrogens with zero attached hydrogens (tertiary/aromatic N) is 3. The second-order valence-corrected chi connectivity index (χ2v) is 7.94. The van der Waals surface area contributed by atoms with Gasteiger partial charge in [-0.3, -0.25) is 10.0 Å². The zero-order valence-corrected chi connectivity index (χ0v) is 18.5. The Bertz CT molecular complexity index is 1250. The molecule has 1 heterocycles. The lowest BCUT2D eigenvalue weighted by atomic mass is 9.98. The zero-order valence-electron chi connectivity index (χ0n) is 18.5. The molecule has 1 aliphatic rings. The first-order valence-electron chi connectivity index (χ1n) is 11.1. The van der Waals surface area contributed by atoms with Crippen molar-refractivity contribution in [2.24, 2.45) is 10.1 Å². The van der Waals surface area contributed by atoms with Crippen LogP contribution >= 0.6 is 0 Å². The fraction of sp³-hybridized carbons (Fsp3) is 0.103. The minimum atomic E-state index is 0.167. The van der Waals surface area contributed by atoms with Crippen LogP contribution in [0.3, 0.4) is 0 Å². The number of anilines is 1. The highest BCUT2D eigenvalue weighted by Crippen LogP contribution is 2.36. The molecule has 0 radical (unpaired) electrons. The maximum Gasteiger partial charge on any atom is 0.119 e. The Hall–Kier alpha value is -4.18. The van der Waals surface area contributed by atoms with E-state index >= 15 is 0 Å². The van der Waals surface area contributed by atoms with Crippen molar-refractivity contribution in [2.45, 2.75) is 12.5 Å². The lowest BCUT2D eigenvalue weighted by Gasteiger charge is -2.24. The summed E-state index contributed by atoms with van der Waals surface area (Å²) in [6.45, 7) is 0. The van der Waals surface area contributed by atoms with Crippen LogP contribution in [-0.4, -0.2) is 19.0 Å². The smallest absolute Gasteiger partial charge is 0.119 e. The van der Waals surface area contributed by atoms with E-state index in [4.69, 9.17) is 9.84 Å². The number of rotatable bonds is 6. The molecule has 1 aliphatic heterocycles. The average Bonchev–Trinajstić information content (AvgIpc) is 3.35. The Morgan fingerprint density at radius 2 is 1.48 bits per heavy atom. The van der Waals surface area contributed by atoms with E-state index < -0.39 is 0 Å². The number of hydrazone groups is 1. The number of hydrogen-bond acceptors (Lipinski definition) is 4. The minimum absolute atomic E-state index is 0.167. The van der Waals surface area contributed by atoms with E-state index in [1.807, 2.05) is 36.5 Å². The van der Waals surface area contributed by atoms with Gasteiger partial charge in [0.1, 0.15) is 5.75 Å². The monoisotopic (exact) mass is 431 g/mol. The van der Waals surface area contributed by atoms with Crippen LogP contribution in [0.4, 0.5) is 11.4 Å². The molecule has 0 amide bonds. The topological polar surface area (TPSA) is 37.2 Å². The van der Waals surface area contributed by atoms with Crippen LogP contribution in [0, 0.1) is 0 Å². The number of methoxy groups -OCH3 is 1. The van der Waals surface area contributed by atoms with Crippen LogP contribution in [0.25, 0.3) is 0 Å². The van der Waals surface area contributed by atoms with E-state index in [0.717, 1.165) is 34.8 Å². The van der Waals surface area contributed by atoms with Crippen molar-refractivity contribution in [2.75, 3.05) is 12.1 Å². The average molecular weight is 432 g/mol. The van der Waals surface area contributed by atoms with E-state index in [-0.39, 0.29) is 6.04 Å². The Balaban J connectivity index is 1.40. The predicted molar refractivity (Wildman–Crippen MR) is 136 cm³/mol. The van der Waals surface area contributed by atoms with Gasteiger partial charge in [-0.05, 0) is 53.1 Å². The van der Waals surface area contributed by atoms with Crippen molar-refractivity contribution in [1.82, 2.24) is 0 Å². The molecule has 4 aromatic carbocycles. The van der Waals surface area contributed by atoms with E-state index in [1.54, 1.807) is 7.11 Å². The summed E-state index contributed by atoms with van der Waals surface area (Å²) in [7, 11) is 1.66. The molecule has 0 saturated carbocycles. The first kappa shape index (κ1) is 20.7. The molecular formula is C29H25N3O. The Morgan fingerprint density at radius 3 is 2.15 bits per heavy atom. The molecule has 162 valence electrons.